The first-order valence-corrected chi connectivity index (χ1v) is 9.34. The minimum Gasteiger partial charge on any atom is -0.480 e. The third kappa shape index (κ3) is 3.41. The Morgan fingerprint density at radius 2 is 1.56 bits per heavy atom. The molecule has 1 aliphatic heterocycles. The Labute approximate surface area is 147 Å². The summed E-state index contributed by atoms with van der Waals surface area (Å²) in [7, 11) is 0. The van der Waals surface area contributed by atoms with Crippen LogP contribution in [0.3, 0.4) is 0 Å². The van der Waals surface area contributed by atoms with Crippen molar-refractivity contribution in [3.8, 4) is 0 Å². The van der Waals surface area contributed by atoms with Crippen LogP contribution in [0.2, 0.25) is 0 Å². The standard InChI is InChI=1S/C18H26N2O5/c21-14(19-18(17(24)25)9-4-1-5-10-18)8-11-20-15(22)12-6-2-3-7-13(12)16(20)23/h12-13H,1-11H2,(H,19,21)(H,24,25)/t12-,13-/m1/s1. The van der Waals surface area contributed by atoms with Crippen molar-refractivity contribution >= 4 is 23.7 Å². The smallest absolute Gasteiger partial charge is 0.329 e. The summed E-state index contributed by atoms with van der Waals surface area (Å²) < 4.78 is 0. The van der Waals surface area contributed by atoms with Gasteiger partial charge in [0.2, 0.25) is 17.7 Å². The minimum absolute atomic E-state index is 0.0358. The van der Waals surface area contributed by atoms with Crippen molar-refractivity contribution in [2.24, 2.45) is 11.8 Å². The van der Waals surface area contributed by atoms with E-state index in [2.05, 4.69) is 5.32 Å². The number of hydrogen-bond acceptors (Lipinski definition) is 4. The summed E-state index contributed by atoms with van der Waals surface area (Å²) in [5, 5.41) is 12.2. The number of carbonyl (C=O) groups excluding carboxylic acids is 3. The van der Waals surface area contributed by atoms with E-state index in [0.717, 1.165) is 44.9 Å². The number of carbonyl (C=O) groups is 4. The van der Waals surface area contributed by atoms with Crippen LogP contribution in [-0.2, 0) is 19.2 Å². The van der Waals surface area contributed by atoms with E-state index in [1.807, 2.05) is 0 Å². The fourth-order valence-corrected chi connectivity index (χ4v) is 4.54. The average molecular weight is 350 g/mol. The summed E-state index contributed by atoms with van der Waals surface area (Å²) in [5.41, 5.74) is -1.19. The second-order valence-electron chi connectivity index (χ2n) is 7.57. The molecule has 7 nitrogen and oxygen atoms in total. The monoisotopic (exact) mass is 350 g/mol. The third-order valence-corrected chi connectivity index (χ3v) is 5.99. The Morgan fingerprint density at radius 3 is 2.08 bits per heavy atom. The van der Waals surface area contributed by atoms with Gasteiger partial charge in [0.1, 0.15) is 5.54 Å². The molecule has 0 spiro atoms. The SMILES string of the molecule is O=C(CCN1C(=O)[C@@H]2CCCC[C@H]2C1=O)NC1(C(=O)O)CCCCC1. The number of carboxylic acids is 1. The predicted octanol–water partition coefficient (Wildman–Crippen LogP) is 1.46. The summed E-state index contributed by atoms with van der Waals surface area (Å²) in [6.07, 6.45) is 6.79. The summed E-state index contributed by atoms with van der Waals surface area (Å²) >= 11 is 0. The number of rotatable bonds is 5. The van der Waals surface area contributed by atoms with Crippen LogP contribution in [0.15, 0.2) is 0 Å². The Bertz CT molecular complexity index is 558. The molecule has 0 aromatic rings. The molecule has 3 rings (SSSR count). The predicted molar refractivity (Wildman–Crippen MR) is 88.4 cm³/mol. The number of likely N-dealkylation sites (tertiary alicyclic amines) is 1. The lowest BCUT2D eigenvalue weighted by Crippen LogP contribution is -2.56. The molecule has 3 amide bonds. The summed E-state index contributed by atoms with van der Waals surface area (Å²) in [6.45, 7) is 0.0478. The van der Waals surface area contributed by atoms with Gasteiger partial charge in [-0.1, -0.05) is 32.1 Å². The quantitative estimate of drug-likeness (QED) is 0.731. The van der Waals surface area contributed by atoms with Gasteiger partial charge in [-0.15, -0.1) is 0 Å². The van der Waals surface area contributed by atoms with Crippen molar-refractivity contribution in [3.63, 3.8) is 0 Å². The Balaban J connectivity index is 1.57. The van der Waals surface area contributed by atoms with E-state index in [0.29, 0.717) is 12.8 Å². The first kappa shape index (κ1) is 17.9. The molecule has 25 heavy (non-hydrogen) atoms. The van der Waals surface area contributed by atoms with E-state index in [4.69, 9.17) is 0 Å². The number of imide groups is 1. The molecule has 7 heteroatoms. The van der Waals surface area contributed by atoms with Gasteiger partial charge in [0.05, 0.1) is 11.8 Å². The van der Waals surface area contributed by atoms with Crippen LogP contribution in [0.5, 0.6) is 0 Å². The van der Waals surface area contributed by atoms with Crippen LogP contribution in [-0.4, -0.2) is 45.8 Å². The van der Waals surface area contributed by atoms with Crippen LogP contribution in [0.25, 0.3) is 0 Å². The van der Waals surface area contributed by atoms with Crippen molar-refractivity contribution in [3.05, 3.63) is 0 Å². The van der Waals surface area contributed by atoms with Gasteiger partial charge in [-0.25, -0.2) is 4.79 Å². The van der Waals surface area contributed by atoms with Crippen LogP contribution in [0.1, 0.15) is 64.2 Å². The molecule has 1 heterocycles. The first-order valence-electron chi connectivity index (χ1n) is 9.34. The average Bonchev–Trinajstić information content (AvgIpc) is 2.85. The van der Waals surface area contributed by atoms with E-state index in [9.17, 15) is 24.3 Å². The molecule has 1 saturated heterocycles. The van der Waals surface area contributed by atoms with E-state index >= 15 is 0 Å². The van der Waals surface area contributed by atoms with Crippen LogP contribution in [0.4, 0.5) is 0 Å². The van der Waals surface area contributed by atoms with Gasteiger partial charge in [-0.3, -0.25) is 19.3 Å². The second-order valence-corrected chi connectivity index (χ2v) is 7.57. The minimum atomic E-state index is -1.19. The van der Waals surface area contributed by atoms with Crippen LogP contribution >= 0.6 is 0 Å². The number of fused-ring (bicyclic) bond motifs is 1. The molecule has 0 unspecified atom stereocenters. The zero-order chi connectivity index (χ0) is 18.0. The largest absolute Gasteiger partial charge is 0.480 e. The zero-order valence-electron chi connectivity index (χ0n) is 14.5. The number of nitrogens with one attached hydrogen (secondary N) is 1. The fraction of sp³-hybridized carbons (Fsp3) is 0.778. The Morgan fingerprint density at radius 1 is 1.00 bits per heavy atom. The number of nitrogens with zero attached hydrogens (tertiary/aromatic N) is 1. The molecule has 2 N–H and O–H groups in total. The highest BCUT2D eigenvalue weighted by Crippen LogP contribution is 2.38. The van der Waals surface area contributed by atoms with Gasteiger partial charge in [-0.05, 0) is 25.7 Å². The van der Waals surface area contributed by atoms with Crippen molar-refractivity contribution < 1.29 is 24.3 Å². The van der Waals surface area contributed by atoms with Gasteiger partial charge in [0.25, 0.3) is 0 Å². The molecule has 0 bridgehead atoms. The molecular formula is C18H26N2O5. The summed E-state index contributed by atoms with van der Waals surface area (Å²) in [5.74, 6) is -2.15. The van der Waals surface area contributed by atoms with Crippen molar-refractivity contribution in [2.45, 2.75) is 69.7 Å². The highest BCUT2D eigenvalue weighted by Gasteiger charge is 2.48. The lowest BCUT2D eigenvalue weighted by atomic mass is 9.81. The molecule has 3 fully saturated rings. The van der Waals surface area contributed by atoms with Gasteiger partial charge in [-0.2, -0.15) is 0 Å². The molecule has 3 aliphatic rings. The van der Waals surface area contributed by atoms with Crippen molar-refractivity contribution in [2.75, 3.05) is 6.54 Å². The van der Waals surface area contributed by atoms with Gasteiger partial charge >= 0.3 is 5.97 Å². The van der Waals surface area contributed by atoms with Crippen molar-refractivity contribution in [1.82, 2.24) is 10.2 Å². The van der Waals surface area contributed by atoms with E-state index in [1.54, 1.807) is 0 Å². The molecule has 0 aromatic carbocycles. The highest BCUT2D eigenvalue weighted by atomic mass is 16.4. The van der Waals surface area contributed by atoms with E-state index in [-0.39, 0.29) is 36.6 Å². The fourth-order valence-electron chi connectivity index (χ4n) is 4.54. The zero-order valence-corrected chi connectivity index (χ0v) is 14.5. The normalized spacial score (nSPS) is 28.6. The van der Waals surface area contributed by atoms with E-state index < -0.39 is 17.4 Å². The third-order valence-electron chi connectivity index (χ3n) is 5.99. The molecular weight excluding hydrogens is 324 g/mol. The first-order chi connectivity index (χ1) is 11.9. The van der Waals surface area contributed by atoms with Crippen LogP contribution in [0, 0.1) is 11.8 Å². The molecule has 138 valence electrons. The second kappa shape index (κ2) is 7.14. The van der Waals surface area contributed by atoms with Gasteiger partial charge in [0, 0.05) is 13.0 Å². The molecule has 0 aromatic heterocycles. The number of amides is 3. The van der Waals surface area contributed by atoms with Crippen molar-refractivity contribution in [1.29, 1.82) is 0 Å². The topological polar surface area (TPSA) is 104 Å². The Kier molecular flexibility index (Phi) is 5.11. The summed E-state index contributed by atoms with van der Waals surface area (Å²) in [6, 6.07) is 0. The summed E-state index contributed by atoms with van der Waals surface area (Å²) in [4.78, 5) is 49.9. The number of carboxylic acid groups (broad SMARTS) is 1. The maximum absolute atomic E-state index is 12.4. The van der Waals surface area contributed by atoms with E-state index in [1.165, 1.54) is 4.90 Å². The molecule has 2 saturated carbocycles. The number of aliphatic carboxylic acids is 1. The lowest BCUT2D eigenvalue weighted by Gasteiger charge is -2.34. The highest BCUT2D eigenvalue weighted by molar-refractivity contribution is 6.05. The molecule has 2 atom stereocenters. The maximum atomic E-state index is 12.4. The maximum Gasteiger partial charge on any atom is 0.329 e. The van der Waals surface area contributed by atoms with Gasteiger partial charge < -0.3 is 10.4 Å². The Hall–Kier alpha value is -1.92. The molecule has 2 aliphatic carbocycles. The molecule has 0 radical (unpaired) electrons. The van der Waals surface area contributed by atoms with Gasteiger partial charge in [0.15, 0.2) is 0 Å². The lowest BCUT2D eigenvalue weighted by molar-refractivity contribution is -0.149. The van der Waals surface area contributed by atoms with Crippen LogP contribution < -0.4 is 5.32 Å². The number of hydrogen-bond donors (Lipinski definition) is 2.